The van der Waals surface area contributed by atoms with Gasteiger partial charge >= 0.3 is 6.36 Å². The molecule has 24 heavy (non-hydrogen) atoms. The molecule has 2 rings (SSSR count). The molecule has 1 saturated heterocycles. The standard InChI is InChI=1S/C15H20ClF3N2O2.ClH/c16-12-10-11(3-4-14(12)23-15(17,18)19)13(2-1-9-22)21-7-5-20-6-8-21;/h3-4,10,13,20,22H,1-2,5-9H2;1H/t13-;/m0./s1. The van der Waals surface area contributed by atoms with Crippen molar-refractivity contribution in [3.05, 3.63) is 28.8 Å². The van der Waals surface area contributed by atoms with Crippen LogP contribution in [0.4, 0.5) is 13.2 Å². The minimum absolute atomic E-state index is 0. The lowest BCUT2D eigenvalue weighted by atomic mass is 9.99. The quantitative estimate of drug-likeness (QED) is 0.783. The highest BCUT2D eigenvalue weighted by Gasteiger charge is 2.32. The Morgan fingerprint density at radius 2 is 1.96 bits per heavy atom. The molecule has 2 N–H and O–H groups in total. The summed E-state index contributed by atoms with van der Waals surface area (Å²) in [5.74, 6) is -0.399. The van der Waals surface area contributed by atoms with Gasteiger partial charge in [-0.05, 0) is 30.5 Å². The van der Waals surface area contributed by atoms with Gasteiger partial charge in [-0.2, -0.15) is 0 Å². The van der Waals surface area contributed by atoms with Crippen molar-refractivity contribution in [2.24, 2.45) is 0 Å². The van der Waals surface area contributed by atoms with E-state index in [1.165, 1.54) is 12.1 Å². The van der Waals surface area contributed by atoms with E-state index in [0.717, 1.165) is 31.7 Å². The summed E-state index contributed by atoms with van der Waals surface area (Å²) in [6, 6.07) is 4.39. The van der Waals surface area contributed by atoms with Crippen molar-refractivity contribution in [1.29, 1.82) is 0 Å². The summed E-state index contributed by atoms with van der Waals surface area (Å²) in [7, 11) is 0. The normalized spacial score (nSPS) is 17.2. The monoisotopic (exact) mass is 388 g/mol. The second-order valence-electron chi connectivity index (χ2n) is 5.41. The molecule has 0 radical (unpaired) electrons. The lowest BCUT2D eigenvalue weighted by Crippen LogP contribution is -2.45. The predicted molar refractivity (Wildman–Crippen MR) is 88.9 cm³/mol. The van der Waals surface area contributed by atoms with Crippen LogP contribution in [-0.4, -0.2) is 49.2 Å². The summed E-state index contributed by atoms with van der Waals surface area (Å²) >= 11 is 5.95. The smallest absolute Gasteiger partial charge is 0.404 e. The molecule has 0 unspecified atom stereocenters. The number of nitrogens with one attached hydrogen (secondary N) is 1. The molecule has 1 aliphatic heterocycles. The zero-order valence-corrected chi connectivity index (χ0v) is 14.6. The van der Waals surface area contributed by atoms with Gasteiger partial charge in [0.25, 0.3) is 0 Å². The number of hydrogen-bond acceptors (Lipinski definition) is 4. The van der Waals surface area contributed by atoms with Gasteiger partial charge in [-0.1, -0.05) is 17.7 Å². The summed E-state index contributed by atoms with van der Waals surface area (Å²) in [6.07, 6.45) is -3.43. The van der Waals surface area contributed by atoms with Crippen LogP contribution >= 0.6 is 24.0 Å². The minimum Gasteiger partial charge on any atom is -0.404 e. The fourth-order valence-corrected chi connectivity index (χ4v) is 3.00. The molecule has 1 aromatic carbocycles. The molecule has 1 aromatic rings. The van der Waals surface area contributed by atoms with Crippen LogP contribution in [0, 0.1) is 0 Å². The first kappa shape index (κ1) is 21.3. The highest BCUT2D eigenvalue weighted by Crippen LogP contribution is 2.35. The van der Waals surface area contributed by atoms with Crippen molar-refractivity contribution in [2.45, 2.75) is 25.2 Å². The van der Waals surface area contributed by atoms with Crippen molar-refractivity contribution in [3.8, 4) is 5.75 Å². The van der Waals surface area contributed by atoms with Crippen LogP contribution in [0.25, 0.3) is 0 Å². The Labute approximate surface area is 150 Å². The highest BCUT2D eigenvalue weighted by molar-refractivity contribution is 6.32. The Balaban J connectivity index is 0.00000288. The topological polar surface area (TPSA) is 44.7 Å². The number of piperazine rings is 1. The zero-order valence-electron chi connectivity index (χ0n) is 13.0. The molecule has 0 aliphatic carbocycles. The molecule has 0 saturated carbocycles. The van der Waals surface area contributed by atoms with Gasteiger partial charge in [0.05, 0.1) is 5.02 Å². The van der Waals surface area contributed by atoms with Crippen molar-refractivity contribution in [3.63, 3.8) is 0 Å². The SMILES string of the molecule is Cl.OCCC[C@@H](c1ccc(OC(F)(F)F)c(Cl)c1)N1CCNCC1. The van der Waals surface area contributed by atoms with Gasteiger partial charge in [0, 0.05) is 38.8 Å². The van der Waals surface area contributed by atoms with Gasteiger partial charge in [0.1, 0.15) is 5.75 Å². The molecule has 0 aromatic heterocycles. The molecule has 9 heteroatoms. The predicted octanol–water partition coefficient (Wildman–Crippen LogP) is 3.38. The van der Waals surface area contributed by atoms with Gasteiger partial charge in [0.2, 0.25) is 0 Å². The number of rotatable bonds is 6. The van der Waals surface area contributed by atoms with Crippen LogP contribution < -0.4 is 10.1 Å². The van der Waals surface area contributed by atoms with Gasteiger partial charge in [-0.15, -0.1) is 25.6 Å². The summed E-state index contributed by atoms with van der Waals surface area (Å²) in [5.41, 5.74) is 0.833. The van der Waals surface area contributed by atoms with E-state index in [9.17, 15) is 13.2 Å². The number of benzene rings is 1. The van der Waals surface area contributed by atoms with Gasteiger partial charge in [-0.3, -0.25) is 4.90 Å². The van der Waals surface area contributed by atoms with E-state index in [1.54, 1.807) is 6.07 Å². The summed E-state index contributed by atoms with van der Waals surface area (Å²) in [4.78, 5) is 2.25. The van der Waals surface area contributed by atoms with E-state index in [0.29, 0.717) is 12.8 Å². The third-order valence-corrected chi connectivity index (χ3v) is 4.09. The molecule has 0 bridgehead atoms. The lowest BCUT2D eigenvalue weighted by molar-refractivity contribution is -0.274. The second-order valence-corrected chi connectivity index (χ2v) is 5.81. The molecule has 1 atom stereocenters. The number of nitrogens with zero attached hydrogens (tertiary/aromatic N) is 1. The number of hydrogen-bond donors (Lipinski definition) is 2. The maximum absolute atomic E-state index is 12.3. The number of halogens is 5. The first-order chi connectivity index (χ1) is 10.9. The van der Waals surface area contributed by atoms with Crippen LogP contribution in [0.1, 0.15) is 24.4 Å². The largest absolute Gasteiger partial charge is 0.573 e. The van der Waals surface area contributed by atoms with Crippen molar-refractivity contribution in [1.82, 2.24) is 10.2 Å². The van der Waals surface area contributed by atoms with E-state index in [4.69, 9.17) is 16.7 Å². The molecule has 1 heterocycles. The van der Waals surface area contributed by atoms with Crippen LogP contribution in [0.5, 0.6) is 5.75 Å². The van der Waals surface area contributed by atoms with Crippen molar-refractivity contribution in [2.75, 3.05) is 32.8 Å². The Morgan fingerprint density at radius 3 is 2.50 bits per heavy atom. The Bertz CT molecular complexity index is 512. The van der Waals surface area contributed by atoms with E-state index < -0.39 is 12.1 Å². The molecule has 1 aliphatic rings. The fourth-order valence-electron chi connectivity index (χ4n) is 2.77. The Hall–Kier alpha value is -0.730. The summed E-state index contributed by atoms with van der Waals surface area (Å²) in [5, 5.41) is 12.3. The number of aliphatic hydroxyl groups excluding tert-OH is 1. The molecular weight excluding hydrogens is 368 g/mol. The summed E-state index contributed by atoms with van der Waals surface area (Å²) < 4.78 is 40.8. The number of ether oxygens (including phenoxy) is 1. The average molecular weight is 389 g/mol. The third kappa shape index (κ3) is 6.29. The molecule has 4 nitrogen and oxygen atoms in total. The third-order valence-electron chi connectivity index (χ3n) is 3.79. The van der Waals surface area contributed by atoms with E-state index in [2.05, 4.69) is 15.0 Å². The first-order valence-electron chi connectivity index (χ1n) is 7.51. The highest BCUT2D eigenvalue weighted by atomic mass is 35.5. The zero-order chi connectivity index (χ0) is 16.9. The molecule has 138 valence electrons. The second kappa shape index (κ2) is 9.68. The van der Waals surface area contributed by atoms with Crippen molar-refractivity contribution < 1.29 is 23.0 Å². The van der Waals surface area contributed by atoms with Crippen LogP contribution in [0.15, 0.2) is 18.2 Å². The Kier molecular flexibility index (Phi) is 8.59. The van der Waals surface area contributed by atoms with Gasteiger partial charge in [0.15, 0.2) is 0 Å². The number of alkyl halides is 3. The van der Waals surface area contributed by atoms with Crippen molar-refractivity contribution >= 4 is 24.0 Å². The van der Waals surface area contributed by atoms with E-state index in [-0.39, 0.29) is 30.1 Å². The average Bonchev–Trinajstić information content (AvgIpc) is 2.50. The fraction of sp³-hybridized carbons (Fsp3) is 0.600. The molecule has 0 amide bonds. The number of aliphatic hydroxyl groups is 1. The van der Waals surface area contributed by atoms with Crippen LogP contribution in [0.2, 0.25) is 5.02 Å². The van der Waals surface area contributed by atoms with Gasteiger partial charge < -0.3 is 15.2 Å². The van der Waals surface area contributed by atoms with Gasteiger partial charge in [-0.25, -0.2) is 0 Å². The molecular formula is C15H21Cl2F3N2O2. The van der Waals surface area contributed by atoms with Crippen LogP contribution in [-0.2, 0) is 0 Å². The maximum atomic E-state index is 12.3. The van der Waals surface area contributed by atoms with Crippen LogP contribution in [0.3, 0.4) is 0 Å². The Morgan fingerprint density at radius 1 is 1.29 bits per heavy atom. The van der Waals surface area contributed by atoms with E-state index in [1.807, 2.05) is 0 Å². The summed E-state index contributed by atoms with van der Waals surface area (Å²) in [6.45, 7) is 3.48. The minimum atomic E-state index is -4.76. The van der Waals surface area contributed by atoms with E-state index >= 15 is 0 Å². The molecule has 1 fully saturated rings. The lowest BCUT2D eigenvalue weighted by Gasteiger charge is -2.35. The first-order valence-corrected chi connectivity index (χ1v) is 7.89. The maximum Gasteiger partial charge on any atom is 0.573 e. The molecule has 0 spiro atoms.